The Labute approximate surface area is 175 Å². The van der Waals surface area contributed by atoms with Crippen molar-refractivity contribution >= 4 is 44.8 Å². The lowest BCUT2D eigenvalue weighted by molar-refractivity contribution is -0.120. The molecule has 152 valence electrons. The van der Waals surface area contributed by atoms with Crippen LogP contribution in [-0.2, 0) is 14.8 Å². The zero-order chi connectivity index (χ0) is 20.9. The molecular formula is C19H22Cl2N2O4S. The molecule has 1 unspecified atom stereocenters. The van der Waals surface area contributed by atoms with E-state index in [9.17, 15) is 13.2 Å². The highest BCUT2D eigenvalue weighted by molar-refractivity contribution is 7.92. The van der Waals surface area contributed by atoms with Gasteiger partial charge in [0.05, 0.1) is 23.0 Å². The molecule has 0 aliphatic heterocycles. The van der Waals surface area contributed by atoms with Crippen LogP contribution in [0.5, 0.6) is 5.75 Å². The van der Waals surface area contributed by atoms with E-state index in [4.69, 9.17) is 27.9 Å². The molecule has 2 aromatic rings. The molecule has 0 aliphatic rings. The van der Waals surface area contributed by atoms with Crippen molar-refractivity contribution in [1.29, 1.82) is 0 Å². The quantitative estimate of drug-likeness (QED) is 0.673. The van der Waals surface area contributed by atoms with Crippen LogP contribution in [0.2, 0.25) is 10.0 Å². The van der Waals surface area contributed by atoms with Crippen LogP contribution in [0.4, 0.5) is 5.69 Å². The molecule has 1 N–H and O–H groups in total. The molecule has 0 saturated carbocycles. The molecule has 0 radical (unpaired) electrons. The van der Waals surface area contributed by atoms with Crippen LogP contribution >= 0.6 is 23.2 Å². The van der Waals surface area contributed by atoms with Crippen LogP contribution in [0.1, 0.15) is 12.5 Å². The lowest BCUT2D eigenvalue weighted by Crippen LogP contribution is -2.45. The van der Waals surface area contributed by atoms with E-state index >= 15 is 0 Å². The van der Waals surface area contributed by atoms with Crippen LogP contribution in [0.3, 0.4) is 0 Å². The maximum Gasteiger partial charge on any atom is 0.241 e. The van der Waals surface area contributed by atoms with Crippen LogP contribution in [-0.4, -0.2) is 39.8 Å². The standard InChI is InChI=1S/C19H22Cl2N2O4S/c1-13-6-4-5-7-18(13)27-12-14(2)22-19(24)11-23(28(3,25)26)17-10-15(20)8-9-16(17)21/h4-10,14H,11-12H2,1-3H3,(H,22,24). The highest BCUT2D eigenvalue weighted by Gasteiger charge is 2.24. The van der Waals surface area contributed by atoms with E-state index in [2.05, 4.69) is 5.32 Å². The number of sulfonamides is 1. The van der Waals surface area contributed by atoms with Crippen LogP contribution in [0.15, 0.2) is 42.5 Å². The number of ether oxygens (including phenoxy) is 1. The van der Waals surface area contributed by atoms with Gasteiger partial charge in [0.2, 0.25) is 15.9 Å². The predicted molar refractivity (Wildman–Crippen MR) is 113 cm³/mol. The maximum atomic E-state index is 12.4. The number of aryl methyl sites for hydroxylation is 1. The Kier molecular flexibility index (Phi) is 7.57. The van der Waals surface area contributed by atoms with Crippen LogP contribution < -0.4 is 14.4 Å². The van der Waals surface area contributed by atoms with E-state index in [-0.39, 0.29) is 23.4 Å². The SMILES string of the molecule is Cc1ccccc1OCC(C)NC(=O)CN(c1cc(Cl)ccc1Cl)S(C)(=O)=O. The van der Waals surface area contributed by atoms with Gasteiger partial charge < -0.3 is 10.1 Å². The number of nitrogens with zero attached hydrogens (tertiary/aromatic N) is 1. The predicted octanol–water partition coefficient (Wildman–Crippen LogP) is 3.65. The van der Waals surface area contributed by atoms with Gasteiger partial charge in [-0.05, 0) is 43.7 Å². The minimum Gasteiger partial charge on any atom is -0.491 e. The van der Waals surface area contributed by atoms with Crippen molar-refractivity contribution in [2.24, 2.45) is 0 Å². The summed E-state index contributed by atoms with van der Waals surface area (Å²) in [6, 6.07) is 11.6. The molecule has 6 nitrogen and oxygen atoms in total. The van der Waals surface area contributed by atoms with Gasteiger partial charge >= 0.3 is 0 Å². The lowest BCUT2D eigenvalue weighted by Gasteiger charge is -2.24. The van der Waals surface area contributed by atoms with E-state index in [1.54, 1.807) is 13.0 Å². The van der Waals surface area contributed by atoms with Crippen molar-refractivity contribution in [3.05, 3.63) is 58.1 Å². The third kappa shape index (κ3) is 6.29. The van der Waals surface area contributed by atoms with Crippen LogP contribution in [0, 0.1) is 6.92 Å². The van der Waals surface area contributed by atoms with Gasteiger partial charge in [-0.15, -0.1) is 0 Å². The molecule has 0 aliphatic carbocycles. The number of hydrogen-bond donors (Lipinski definition) is 1. The van der Waals surface area contributed by atoms with Crippen molar-refractivity contribution in [3.63, 3.8) is 0 Å². The molecular weight excluding hydrogens is 423 g/mol. The van der Waals surface area contributed by atoms with Gasteiger partial charge in [-0.25, -0.2) is 8.42 Å². The zero-order valence-electron chi connectivity index (χ0n) is 15.8. The normalized spacial score (nSPS) is 12.3. The topological polar surface area (TPSA) is 75.7 Å². The molecule has 28 heavy (non-hydrogen) atoms. The highest BCUT2D eigenvalue weighted by atomic mass is 35.5. The number of benzene rings is 2. The first-order chi connectivity index (χ1) is 13.1. The number of para-hydroxylation sites is 1. The van der Waals surface area contributed by atoms with Crippen molar-refractivity contribution < 1.29 is 17.9 Å². The first kappa shape index (κ1) is 22.3. The fourth-order valence-corrected chi connectivity index (χ4v) is 3.78. The monoisotopic (exact) mass is 444 g/mol. The molecule has 0 saturated heterocycles. The molecule has 0 heterocycles. The van der Waals surface area contributed by atoms with Gasteiger partial charge in [0, 0.05) is 5.02 Å². The molecule has 1 atom stereocenters. The summed E-state index contributed by atoms with van der Waals surface area (Å²) in [4.78, 5) is 12.4. The van der Waals surface area contributed by atoms with Gasteiger partial charge in [0.1, 0.15) is 18.9 Å². The van der Waals surface area contributed by atoms with E-state index in [1.807, 2.05) is 31.2 Å². The summed E-state index contributed by atoms with van der Waals surface area (Å²) in [5.41, 5.74) is 1.13. The number of nitrogens with one attached hydrogen (secondary N) is 1. The first-order valence-electron chi connectivity index (χ1n) is 8.48. The average Bonchev–Trinajstić information content (AvgIpc) is 2.60. The third-order valence-corrected chi connectivity index (χ3v) is 5.54. The third-order valence-electron chi connectivity index (χ3n) is 3.85. The van der Waals surface area contributed by atoms with Crippen molar-refractivity contribution in [3.8, 4) is 5.75 Å². The van der Waals surface area contributed by atoms with Crippen molar-refractivity contribution in [2.75, 3.05) is 23.7 Å². The fourth-order valence-electron chi connectivity index (χ4n) is 2.48. The number of rotatable bonds is 8. The van der Waals surface area contributed by atoms with Crippen molar-refractivity contribution in [2.45, 2.75) is 19.9 Å². The van der Waals surface area contributed by atoms with Crippen LogP contribution in [0.25, 0.3) is 0 Å². The van der Waals surface area contributed by atoms with Gasteiger partial charge in [-0.3, -0.25) is 9.10 Å². The van der Waals surface area contributed by atoms with E-state index in [0.29, 0.717) is 5.02 Å². The molecule has 1 amide bonds. The zero-order valence-corrected chi connectivity index (χ0v) is 18.1. The minimum absolute atomic E-state index is 0.149. The number of amides is 1. The molecule has 0 bridgehead atoms. The van der Waals surface area contributed by atoms with Crippen molar-refractivity contribution in [1.82, 2.24) is 5.32 Å². The van der Waals surface area contributed by atoms with Gasteiger partial charge in [-0.1, -0.05) is 41.4 Å². The van der Waals surface area contributed by atoms with E-state index in [1.165, 1.54) is 12.1 Å². The molecule has 9 heteroatoms. The Balaban J connectivity index is 2.04. The van der Waals surface area contributed by atoms with Gasteiger partial charge in [0.25, 0.3) is 0 Å². The second-order valence-electron chi connectivity index (χ2n) is 6.41. The Morgan fingerprint density at radius 2 is 1.89 bits per heavy atom. The molecule has 0 aromatic heterocycles. The number of carbonyl (C=O) groups is 1. The van der Waals surface area contributed by atoms with Gasteiger partial charge in [-0.2, -0.15) is 0 Å². The summed E-state index contributed by atoms with van der Waals surface area (Å²) in [5, 5.41) is 3.22. The summed E-state index contributed by atoms with van der Waals surface area (Å²) in [5.74, 6) is 0.245. The smallest absolute Gasteiger partial charge is 0.241 e. The van der Waals surface area contributed by atoms with Gasteiger partial charge in [0.15, 0.2) is 0 Å². The molecule has 0 fully saturated rings. The summed E-state index contributed by atoms with van der Waals surface area (Å²) in [6.45, 7) is 3.52. The van der Waals surface area contributed by atoms with E-state index < -0.39 is 22.5 Å². The number of anilines is 1. The summed E-state index contributed by atoms with van der Waals surface area (Å²) in [6.07, 6.45) is 1.00. The lowest BCUT2D eigenvalue weighted by atomic mass is 10.2. The average molecular weight is 445 g/mol. The Bertz CT molecular complexity index is 951. The molecule has 2 aromatic carbocycles. The Hall–Kier alpha value is -1.96. The fraction of sp³-hybridized carbons (Fsp3) is 0.316. The second kappa shape index (κ2) is 9.49. The number of hydrogen-bond acceptors (Lipinski definition) is 4. The minimum atomic E-state index is -3.75. The number of halogens is 2. The Morgan fingerprint density at radius 1 is 1.21 bits per heavy atom. The summed E-state index contributed by atoms with van der Waals surface area (Å²) in [7, 11) is -3.75. The number of carbonyl (C=O) groups excluding carboxylic acids is 1. The maximum absolute atomic E-state index is 12.4. The summed E-state index contributed by atoms with van der Waals surface area (Å²) >= 11 is 12.0. The Morgan fingerprint density at radius 3 is 2.54 bits per heavy atom. The molecule has 2 rings (SSSR count). The van der Waals surface area contributed by atoms with E-state index in [0.717, 1.165) is 21.9 Å². The first-order valence-corrected chi connectivity index (χ1v) is 11.1. The summed E-state index contributed by atoms with van der Waals surface area (Å²) < 4.78 is 31.0. The second-order valence-corrected chi connectivity index (χ2v) is 9.16. The highest BCUT2D eigenvalue weighted by Crippen LogP contribution is 2.30. The largest absolute Gasteiger partial charge is 0.491 e. The molecule has 0 spiro atoms.